The molecule has 0 amide bonds. The maximum atomic E-state index is 5.81. The minimum Gasteiger partial charge on any atom is -0.487 e. The van der Waals surface area contributed by atoms with Crippen molar-refractivity contribution < 1.29 is 4.74 Å². The van der Waals surface area contributed by atoms with E-state index in [2.05, 4.69) is 12.0 Å². The fraction of sp³-hybridized carbons (Fsp3) is 0.308. The smallest absolute Gasteiger partial charge is 0.130 e. The topological polar surface area (TPSA) is 27.1 Å². The fourth-order valence-corrected chi connectivity index (χ4v) is 1.80. The van der Waals surface area contributed by atoms with Crippen LogP contribution in [0.25, 0.3) is 0 Å². The molecule has 0 N–H and O–H groups in total. The summed E-state index contributed by atoms with van der Waals surface area (Å²) < 4.78 is 7.63. The second-order valence-corrected chi connectivity index (χ2v) is 4.27. The van der Waals surface area contributed by atoms with Gasteiger partial charge in [0.2, 0.25) is 0 Å². The molecule has 3 nitrogen and oxygen atoms in total. The van der Waals surface area contributed by atoms with Crippen LogP contribution < -0.4 is 4.74 Å². The molecular weight excluding hydrogens is 236 g/mol. The van der Waals surface area contributed by atoms with Crippen molar-refractivity contribution in [2.24, 2.45) is 0 Å². The normalized spacial score (nSPS) is 10.5. The van der Waals surface area contributed by atoms with Crippen molar-refractivity contribution in [2.45, 2.75) is 27.0 Å². The summed E-state index contributed by atoms with van der Waals surface area (Å²) in [6, 6.07) is 9.40. The third kappa shape index (κ3) is 3.01. The zero-order valence-electron chi connectivity index (χ0n) is 9.98. The summed E-state index contributed by atoms with van der Waals surface area (Å²) in [6.45, 7) is 5.43. The first-order valence-corrected chi connectivity index (χ1v) is 5.98. The summed E-state index contributed by atoms with van der Waals surface area (Å²) in [5, 5.41) is 5.09. The molecule has 2 aromatic rings. The van der Waals surface area contributed by atoms with Gasteiger partial charge in [-0.2, -0.15) is 5.10 Å². The predicted molar refractivity (Wildman–Crippen MR) is 68.4 cm³/mol. The minimum atomic E-state index is 0.524. The summed E-state index contributed by atoms with van der Waals surface area (Å²) >= 11 is 5.81. The van der Waals surface area contributed by atoms with Crippen LogP contribution in [0.1, 0.15) is 18.3 Å². The zero-order chi connectivity index (χ0) is 12.3. The van der Waals surface area contributed by atoms with Crippen LogP contribution in [0.5, 0.6) is 5.75 Å². The molecule has 0 spiro atoms. The Hall–Kier alpha value is -1.48. The lowest BCUT2D eigenvalue weighted by atomic mass is 10.3. The van der Waals surface area contributed by atoms with E-state index in [4.69, 9.17) is 16.3 Å². The molecule has 4 heteroatoms. The molecule has 0 atom stereocenters. The second-order valence-electron chi connectivity index (χ2n) is 3.84. The van der Waals surface area contributed by atoms with Gasteiger partial charge in [-0.1, -0.05) is 11.6 Å². The van der Waals surface area contributed by atoms with Gasteiger partial charge in [0.25, 0.3) is 0 Å². The number of aromatic nitrogens is 2. The van der Waals surface area contributed by atoms with Crippen LogP contribution in [-0.4, -0.2) is 9.78 Å². The van der Waals surface area contributed by atoms with Crippen molar-refractivity contribution in [2.75, 3.05) is 0 Å². The Labute approximate surface area is 106 Å². The van der Waals surface area contributed by atoms with Gasteiger partial charge in [0, 0.05) is 11.6 Å². The van der Waals surface area contributed by atoms with Crippen LogP contribution in [0.3, 0.4) is 0 Å². The van der Waals surface area contributed by atoms with Crippen LogP contribution in [-0.2, 0) is 13.2 Å². The maximum absolute atomic E-state index is 5.81. The maximum Gasteiger partial charge on any atom is 0.130 e. The summed E-state index contributed by atoms with van der Waals surface area (Å²) in [7, 11) is 0. The minimum absolute atomic E-state index is 0.524. The lowest BCUT2D eigenvalue weighted by Gasteiger charge is -2.07. The van der Waals surface area contributed by atoms with Crippen LogP contribution in [0, 0.1) is 6.92 Å². The molecule has 0 radical (unpaired) electrons. The van der Waals surface area contributed by atoms with E-state index in [0.29, 0.717) is 11.6 Å². The van der Waals surface area contributed by atoms with Gasteiger partial charge in [-0.3, -0.25) is 4.68 Å². The molecule has 0 bridgehead atoms. The van der Waals surface area contributed by atoms with Crippen LogP contribution in [0.15, 0.2) is 30.3 Å². The van der Waals surface area contributed by atoms with E-state index in [9.17, 15) is 0 Å². The van der Waals surface area contributed by atoms with E-state index in [-0.39, 0.29) is 0 Å². The van der Waals surface area contributed by atoms with E-state index >= 15 is 0 Å². The summed E-state index contributed by atoms with van der Waals surface area (Å²) in [5.74, 6) is 0.816. The standard InChI is InChI=1S/C13H15ClN2O/c1-3-16-12(8-10(2)15-16)9-17-13-6-4-11(14)5-7-13/h4-8H,3,9H2,1-2H3. The fourth-order valence-electron chi connectivity index (χ4n) is 1.68. The van der Waals surface area contributed by atoms with Gasteiger partial charge in [-0.05, 0) is 44.2 Å². The molecule has 1 aromatic carbocycles. The Bertz CT molecular complexity index is 491. The van der Waals surface area contributed by atoms with Gasteiger partial charge in [0.1, 0.15) is 12.4 Å². The van der Waals surface area contributed by atoms with E-state index in [1.165, 1.54) is 0 Å². The molecule has 90 valence electrons. The molecule has 0 aliphatic carbocycles. The molecule has 0 aliphatic rings. The highest BCUT2D eigenvalue weighted by atomic mass is 35.5. The van der Waals surface area contributed by atoms with Crippen molar-refractivity contribution in [3.63, 3.8) is 0 Å². The number of hydrogen-bond donors (Lipinski definition) is 0. The summed E-state index contributed by atoms with van der Waals surface area (Å²) in [6.07, 6.45) is 0. The van der Waals surface area contributed by atoms with Crippen molar-refractivity contribution in [3.05, 3.63) is 46.7 Å². The molecule has 1 aromatic heterocycles. The van der Waals surface area contributed by atoms with Gasteiger partial charge in [-0.25, -0.2) is 0 Å². The van der Waals surface area contributed by atoms with Crippen LogP contribution >= 0.6 is 11.6 Å². The number of aryl methyl sites for hydroxylation is 2. The van der Waals surface area contributed by atoms with E-state index in [1.807, 2.05) is 41.9 Å². The van der Waals surface area contributed by atoms with Gasteiger partial charge in [0.15, 0.2) is 0 Å². The summed E-state index contributed by atoms with van der Waals surface area (Å²) in [5.41, 5.74) is 2.10. The number of benzene rings is 1. The predicted octanol–water partition coefficient (Wildman–Crippen LogP) is 3.44. The first-order chi connectivity index (χ1) is 8.19. The Morgan fingerprint density at radius 1 is 1.29 bits per heavy atom. The Morgan fingerprint density at radius 3 is 2.65 bits per heavy atom. The molecule has 0 saturated carbocycles. The molecule has 0 unspecified atom stereocenters. The van der Waals surface area contributed by atoms with Gasteiger partial charge >= 0.3 is 0 Å². The molecule has 0 fully saturated rings. The number of ether oxygens (including phenoxy) is 1. The van der Waals surface area contributed by atoms with Crippen LogP contribution in [0.2, 0.25) is 5.02 Å². The van der Waals surface area contributed by atoms with Crippen molar-refractivity contribution in [1.29, 1.82) is 0 Å². The van der Waals surface area contributed by atoms with E-state index in [1.54, 1.807) is 0 Å². The first-order valence-electron chi connectivity index (χ1n) is 5.60. The molecule has 0 aliphatic heterocycles. The van der Waals surface area contributed by atoms with Crippen molar-refractivity contribution >= 4 is 11.6 Å². The molecular formula is C13H15ClN2O. The highest BCUT2D eigenvalue weighted by molar-refractivity contribution is 6.30. The third-order valence-corrected chi connectivity index (χ3v) is 2.74. The number of nitrogens with zero attached hydrogens (tertiary/aromatic N) is 2. The first kappa shape index (κ1) is 12.0. The van der Waals surface area contributed by atoms with Crippen molar-refractivity contribution in [1.82, 2.24) is 9.78 Å². The van der Waals surface area contributed by atoms with Gasteiger partial charge < -0.3 is 4.74 Å². The Balaban J connectivity index is 2.04. The quantitative estimate of drug-likeness (QED) is 0.831. The number of rotatable bonds is 4. The third-order valence-electron chi connectivity index (χ3n) is 2.49. The highest BCUT2D eigenvalue weighted by Crippen LogP contribution is 2.17. The summed E-state index contributed by atoms with van der Waals surface area (Å²) in [4.78, 5) is 0. The van der Waals surface area contributed by atoms with E-state index < -0.39 is 0 Å². The lowest BCUT2D eigenvalue weighted by molar-refractivity contribution is 0.292. The monoisotopic (exact) mass is 250 g/mol. The van der Waals surface area contributed by atoms with Crippen LogP contribution in [0.4, 0.5) is 0 Å². The molecule has 17 heavy (non-hydrogen) atoms. The molecule has 1 heterocycles. The average molecular weight is 251 g/mol. The Kier molecular flexibility index (Phi) is 3.69. The molecule has 2 rings (SSSR count). The zero-order valence-corrected chi connectivity index (χ0v) is 10.7. The second kappa shape index (κ2) is 5.23. The Morgan fingerprint density at radius 2 is 2.00 bits per heavy atom. The SMILES string of the molecule is CCn1nc(C)cc1COc1ccc(Cl)cc1. The van der Waals surface area contributed by atoms with Gasteiger partial charge in [0.05, 0.1) is 11.4 Å². The number of hydrogen-bond acceptors (Lipinski definition) is 2. The lowest BCUT2D eigenvalue weighted by Crippen LogP contribution is -2.05. The largest absolute Gasteiger partial charge is 0.487 e. The number of halogens is 1. The molecule has 0 saturated heterocycles. The average Bonchev–Trinajstić information content (AvgIpc) is 2.69. The van der Waals surface area contributed by atoms with Crippen molar-refractivity contribution in [3.8, 4) is 5.75 Å². The van der Waals surface area contributed by atoms with E-state index in [0.717, 1.165) is 23.7 Å². The highest BCUT2D eigenvalue weighted by Gasteiger charge is 2.04. The van der Waals surface area contributed by atoms with Gasteiger partial charge in [-0.15, -0.1) is 0 Å².